The Bertz CT molecular complexity index is 1280. The molecule has 0 radical (unpaired) electrons. The number of pyridine rings is 1. The first kappa shape index (κ1) is 22.4. The molecule has 1 N–H and O–H groups in total. The van der Waals surface area contributed by atoms with Gasteiger partial charge in [-0.05, 0) is 49.2 Å². The van der Waals surface area contributed by atoms with Crippen molar-refractivity contribution in [2.45, 2.75) is 25.6 Å². The number of ether oxygens (including phenoxy) is 1. The summed E-state index contributed by atoms with van der Waals surface area (Å²) >= 11 is 0. The zero-order chi connectivity index (χ0) is 23.6. The first-order valence-electron chi connectivity index (χ1n) is 9.86. The van der Waals surface area contributed by atoms with Crippen molar-refractivity contribution in [1.29, 1.82) is 0 Å². The molecule has 0 saturated carbocycles. The molecule has 0 aliphatic rings. The van der Waals surface area contributed by atoms with Crippen LogP contribution in [0, 0.1) is 11.6 Å². The minimum Gasteiger partial charge on any atom is -0.439 e. The van der Waals surface area contributed by atoms with Gasteiger partial charge in [-0.15, -0.1) is 0 Å². The van der Waals surface area contributed by atoms with Crippen LogP contribution in [0.1, 0.15) is 18.1 Å². The Morgan fingerprint density at radius 1 is 0.939 bits per heavy atom. The highest BCUT2D eigenvalue weighted by Gasteiger charge is 2.31. The predicted molar refractivity (Wildman–Crippen MR) is 112 cm³/mol. The van der Waals surface area contributed by atoms with E-state index in [1.54, 1.807) is 24.3 Å². The van der Waals surface area contributed by atoms with Crippen LogP contribution in [-0.2, 0) is 12.6 Å². The van der Waals surface area contributed by atoms with Crippen molar-refractivity contribution in [2.75, 3.05) is 5.32 Å². The molecule has 0 aliphatic heterocycles. The molecule has 0 spiro atoms. The molecule has 10 heteroatoms. The molecule has 0 fully saturated rings. The summed E-state index contributed by atoms with van der Waals surface area (Å²) in [5.74, 6) is -0.940. The van der Waals surface area contributed by atoms with Crippen LogP contribution in [0.2, 0.25) is 0 Å². The first-order chi connectivity index (χ1) is 15.7. The SMILES string of the molecule is CC(Cc1ccc(Oc2cc(C(F)(F)F)ccn2)cc1)Nc1ncnc2c(F)ccc(F)c12. The molecular formula is C23H17F5N4O. The average Bonchev–Trinajstić information content (AvgIpc) is 2.77. The second kappa shape index (κ2) is 8.97. The van der Waals surface area contributed by atoms with E-state index in [0.717, 1.165) is 42.4 Å². The number of nitrogens with one attached hydrogen (secondary N) is 1. The van der Waals surface area contributed by atoms with Crippen molar-refractivity contribution in [1.82, 2.24) is 15.0 Å². The van der Waals surface area contributed by atoms with Crippen LogP contribution >= 0.6 is 0 Å². The van der Waals surface area contributed by atoms with Crippen LogP contribution in [0.25, 0.3) is 10.9 Å². The number of anilines is 1. The van der Waals surface area contributed by atoms with E-state index in [1.807, 2.05) is 6.92 Å². The van der Waals surface area contributed by atoms with Crippen LogP contribution in [0.3, 0.4) is 0 Å². The Kier molecular flexibility index (Phi) is 6.08. The van der Waals surface area contributed by atoms with Crippen molar-refractivity contribution in [3.63, 3.8) is 0 Å². The van der Waals surface area contributed by atoms with Gasteiger partial charge in [0.05, 0.1) is 10.9 Å². The molecule has 2 heterocycles. The van der Waals surface area contributed by atoms with Crippen molar-refractivity contribution >= 4 is 16.7 Å². The summed E-state index contributed by atoms with van der Waals surface area (Å²) in [5, 5.41) is 3.04. The smallest absolute Gasteiger partial charge is 0.416 e. The number of nitrogens with zero attached hydrogens (tertiary/aromatic N) is 3. The van der Waals surface area contributed by atoms with Gasteiger partial charge in [-0.25, -0.2) is 23.7 Å². The Morgan fingerprint density at radius 2 is 1.67 bits per heavy atom. The molecule has 0 aliphatic carbocycles. The third kappa shape index (κ3) is 5.16. The van der Waals surface area contributed by atoms with E-state index in [-0.39, 0.29) is 28.6 Å². The van der Waals surface area contributed by atoms with Crippen molar-refractivity contribution in [2.24, 2.45) is 0 Å². The Morgan fingerprint density at radius 3 is 2.39 bits per heavy atom. The number of benzene rings is 2. The lowest BCUT2D eigenvalue weighted by atomic mass is 10.1. The number of hydrogen-bond acceptors (Lipinski definition) is 5. The number of alkyl halides is 3. The molecule has 1 atom stereocenters. The molecule has 0 bridgehead atoms. The number of rotatable bonds is 6. The van der Waals surface area contributed by atoms with Gasteiger partial charge in [0, 0.05) is 18.3 Å². The second-order valence-electron chi connectivity index (χ2n) is 7.35. The molecule has 5 nitrogen and oxygen atoms in total. The summed E-state index contributed by atoms with van der Waals surface area (Å²) in [5.41, 5.74) is -0.0775. The molecule has 4 aromatic rings. The largest absolute Gasteiger partial charge is 0.439 e. The van der Waals surface area contributed by atoms with E-state index in [9.17, 15) is 22.0 Å². The van der Waals surface area contributed by atoms with Gasteiger partial charge in [0.15, 0.2) is 0 Å². The molecule has 0 saturated heterocycles. The highest BCUT2D eigenvalue weighted by molar-refractivity contribution is 5.89. The van der Waals surface area contributed by atoms with Gasteiger partial charge < -0.3 is 10.1 Å². The van der Waals surface area contributed by atoms with Crippen molar-refractivity contribution < 1.29 is 26.7 Å². The van der Waals surface area contributed by atoms with Crippen LogP contribution in [0.5, 0.6) is 11.6 Å². The fourth-order valence-corrected chi connectivity index (χ4v) is 3.30. The van der Waals surface area contributed by atoms with Crippen molar-refractivity contribution in [3.8, 4) is 11.6 Å². The quantitative estimate of drug-likeness (QED) is 0.350. The van der Waals surface area contributed by atoms with E-state index in [4.69, 9.17) is 4.74 Å². The summed E-state index contributed by atoms with van der Waals surface area (Å²) in [6.07, 6.45) is -1.79. The Hall–Kier alpha value is -3.82. The highest BCUT2D eigenvalue weighted by Crippen LogP contribution is 2.32. The summed E-state index contributed by atoms with van der Waals surface area (Å²) < 4.78 is 72.1. The standard InChI is InChI=1S/C23H17F5N4O/c1-13(32-22-20-17(24)6-7-18(25)21(20)30-12-31-22)10-14-2-4-16(5-3-14)33-19-11-15(8-9-29-19)23(26,27)28/h2-9,11-13H,10H2,1H3,(H,30,31,32). The van der Waals surface area contributed by atoms with Gasteiger partial charge >= 0.3 is 6.18 Å². The number of hydrogen-bond donors (Lipinski definition) is 1. The van der Waals surface area contributed by atoms with Crippen LogP contribution in [0.15, 0.2) is 61.1 Å². The topological polar surface area (TPSA) is 59.9 Å². The molecule has 170 valence electrons. The maximum Gasteiger partial charge on any atom is 0.416 e. The van der Waals surface area contributed by atoms with Crippen LogP contribution < -0.4 is 10.1 Å². The molecule has 2 aromatic heterocycles. The first-order valence-corrected chi connectivity index (χ1v) is 9.86. The van der Waals surface area contributed by atoms with Gasteiger partial charge in [-0.1, -0.05) is 12.1 Å². The summed E-state index contributed by atoms with van der Waals surface area (Å²) in [4.78, 5) is 11.7. The molecule has 4 rings (SSSR count). The highest BCUT2D eigenvalue weighted by atomic mass is 19.4. The van der Waals surface area contributed by atoms with Gasteiger partial charge in [0.25, 0.3) is 0 Å². The summed E-state index contributed by atoms with van der Waals surface area (Å²) in [6, 6.07) is 10.2. The maximum absolute atomic E-state index is 14.2. The van der Waals surface area contributed by atoms with Gasteiger partial charge in [-0.2, -0.15) is 13.2 Å². The molecule has 33 heavy (non-hydrogen) atoms. The minimum atomic E-state index is -4.49. The number of aromatic nitrogens is 3. The zero-order valence-corrected chi connectivity index (χ0v) is 17.2. The molecule has 2 aromatic carbocycles. The number of halogens is 5. The summed E-state index contributed by atoms with van der Waals surface area (Å²) in [7, 11) is 0. The zero-order valence-electron chi connectivity index (χ0n) is 17.2. The monoisotopic (exact) mass is 460 g/mol. The lowest BCUT2D eigenvalue weighted by Gasteiger charge is -2.16. The predicted octanol–water partition coefficient (Wildman–Crippen LogP) is 6.16. The minimum absolute atomic E-state index is 0.0262. The number of fused-ring (bicyclic) bond motifs is 1. The normalized spacial score (nSPS) is 12.5. The van der Waals surface area contributed by atoms with E-state index < -0.39 is 23.4 Å². The molecule has 0 amide bonds. The molecular weight excluding hydrogens is 443 g/mol. The summed E-state index contributed by atoms with van der Waals surface area (Å²) in [6.45, 7) is 1.85. The molecule has 1 unspecified atom stereocenters. The lowest BCUT2D eigenvalue weighted by molar-refractivity contribution is -0.137. The fourth-order valence-electron chi connectivity index (χ4n) is 3.30. The average molecular weight is 460 g/mol. The van der Waals surface area contributed by atoms with Crippen LogP contribution in [0.4, 0.5) is 27.8 Å². The van der Waals surface area contributed by atoms with Gasteiger partial charge in [0.2, 0.25) is 5.88 Å². The van der Waals surface area contributed by atoms with Crippen LogP contribution in [-0.4, -0.2) is 21.0 Å². The maximum atomic E-state index is 14.2. The lowest BCUT2D eigenvalue weighted by Crippen LogP contribution is -2.19. The fraction of sp³-hybridized carbons (Fsp3) is 0.174. The second-order valence-corrected chi connectivity index (χ2v) is 7.35. The van der Waals surface area contributed by atoms with E-state index in [1.165, 1.54) is 0 Å². The Balaban J connectivity index is 1.44. The van der Waals surface area contributed by atoms with E-state index in [0.29, 0.717) is 12.2 Å². The Labute approximate surface area is 185 Å². The van der Waals surface area contributed by atoms with Gasteiger partial charge in [0.1, 0.15) is 35.0 Å². The van der Waals surface area contributed by atoms with Crippen molar-refractivity contribution in [3.05, 3.63) is 83.8 Å². The van der Waals surface area contributed by atoms with E-state index >= 15 is 0 Å². The third-order valence-corrected chi connectivity index (χ3v) is 4.82. The van der Waals surface area contributed by atoms with E-state index in [2.05, 4.69) is 20.3 Å². The third-order valence-electron chi connectivity index (χ3n) is 4.82. The van der Waals surface area contributed by atoms with Gasteiger partial charge in [-0.3, -0.25) is 0 Å².